The lowest BCUT2D eigenvalue weighted by atomic mass is 9.93. The molecular formula is C11H22O. The standard InChI is InChI=1S/C11H22O/c1-3-5-7-11(12)8-6-10(4-2)9-11/h10,12H,3-9H2,1-2H3. The molecule has 0 saturated heterocycles. The Morgan fingerprint density at radius 1 is 1.42 bits per heavy atom. The lowest BCUT2D eigenvalue weighted by Crippen LogP contribution is -2.24. The fourth-order valence-corrected chi connectivity index (χ4v) is 2.30. The fourth-order valence-electron chi connectivity index (χ4n) is 2.30. The molecular weight excluding hydrogens is 148 g/mol. The monoisotopic (exact) mass is 170 g/mol. The highest BCUT2D eigenvalue weighted by molar-refractivity contribution is 4.88. The van der Waals surface area contributed by atoms with Crippen LogP contribution in [-0.4, -0.2) is 10.7 Å². The van der Waals surface area contributed by atoms with Gasteiger partial charge in [0.1, 0.15) is 0 Å². The van der Waals surface area contributed by atoms with Gasteiger partial charge < -0.3 is 5.11 Å². The summed E-state index contributed by atoms with van der Waals surface area (Å²) in [6.45, 7) is 4.42. The topological polar surface area (TPSA) is 20.2 Å². The van der Waals surface area contributed by atoms with E-state index in [0.29, 0.717) is 0 Å². The molecule has 0 heterocycles. The number of aliphatic hydroxyl groups is 1. The summed E-state index contributed by atoms with van der Waals surface area (Å²) < 4.78 is 0. The van der Waals surface area contributed by atoms with Crippen LogP contribution in [0.5, 0.6) is 0 Å². The van der Waals surface area contributed by atoms with Crippen LogP contribution in [0.25, 0.3) is 0 Å². The zero-order chi connectivity index (χ0) is 9.03. The second-order valence-corrected chi connectivity index (χ2v) is 4.34. The molecule has 0 aromatic rings. The molecule has 72 valence electrons. The average molecular weight is 170 g/mol. The van der Waals surface area contributed by atoms with Crippen LogP contribution in [0.2, 0.25) is 0 Å². The summed E-state index contributed by atoms with van der Waals surface area (Å²) in [6.07, 6.45) is 8.02. The third-order valence-electron chi connectivity index (χ3n) is 3.26. The summed E-state index contributed by atoms with van der Waals surface area (Å²) >= 11 is 0. The lowest BCUT2D eigenvalue weighted by molar-refractivity contribution is 0.0323. The van der Waals surface area contributed by atoms with Crippen molar-refractivity contribution in [2.45, 2.75) is 64.4 Å². The van der Waals surface area contributed by atoms with Crippen LogP contribution >= 0.6 is 0 Å². The van der Waals surface area contributed by atoms with Gasteiger partial charge in [-0.3, -0.25) is 0 Å². The van der Waals surface area contributed by atoms with Gasteiger partial charge in [0.15, 0.2) is 0 Å². The molecule has 1 saturated carbocycles. The third-order valence-corrected chi connectivity index (χ3v) is 3.26. The molecule has 1 fully saturated rings. The first kappa shape index (κ1) is 10.0. The largest absolute Gasteiger partial charge is 0.390 e. The van der Waals surface area contributed by atoms with Crippen molar-refractivity contribution < 1.29 is 5.11 Å². The quantitative estimate of drug-likeness (QED) is 0.687. The summed E-state index contributed by atoms with van der Waals surface area (Å²) in [7, 11) is 0. The molecule has 0 radical (unpaired) electrons. The minimum Gasteiger partial charge on any atom is -0.390 e. The van der Waals surface area contributed by atoms with E-state index < -0.39 is 0 Å². The summed E-state index contributed by atoms with van der Waals surface area (Å²) in [5.74, 6) is 0.798. The van der Waals surface area contributed by atoms with Crippen LogP contribution in [0.1, 0.15) is 58.8 Å². The molecule has 0 aliphatic heterocycles. The van der Waals surface area contributed by atoms with Crippen molar-refractivity contribution in [3.63, 3.8) is 0 Å². The van der Waals surface area contributed by atoms with E-state index >= 15 is 0 Å². The Balaban J connectivity index is 2.31. The number of rotatable bonds is 4. The molecule has 2 unspecified atom stereocenters. The van der Waals surface area contributed by atoms with Crippen molar-refractivity contribution in [1.82, 2.24) is 0 Å². The van der Waals surface area contributed by atoms with E-state index in [4.69, 9.17) is 0 Å². The maximum atomic E-state index is 10.1. The molecule has 0 bridgehead atoms. The van der Waals surface area contributed by atoms with Gasteiger partial charge >= 0.3 is 0 Å². The Kier molecular flexibility index (Phi) is 3.57. The Hall–Kier alpha value is -0.0400. The smallest absolute Gasteiger partial charge is 0.0650 e. The highest BCUT2D eigenvalue weighted by atomic mass is 16.3. The van der Waals surface area contributed by atoms with Gasteiger partial charge in [0, 0.05) is 0 Å². The molecule has 0 spiro atoms. The first-order chi connectivity index (χ1) is 5.70. The van der Waals surface area contributed by atoms with Crippen LogP contribution in [0, 0.1) is 5.92 Å². The molecule has 12 heavy (non-hydrogen) atoms. The molecule has 1 heteroatoms. The predicted molar refractivity (Wildman–Crippen MR) is 52.1 cm³/mol. The normalized spacial score (nSPS) is 35.8. The van der Waals surface area contributed by atoms with E-state index in [9.17, 15) is 5.11 Å². The van der Waals surface area contributed by atoms with Crippen molar-refractivity contribution in [2.24, 2.45) is 5.92 Å². The van der Waals surface area contributed by atoms with Crippen LogP contribution in [-0.2, 0) is 0 Å². The van der Waals surface area contributed by atoms with Crippen molar-refractivity contribution in [3.05, 3.63) is 0 Å². The Bertz CT molecular complexity index is 133. The zero-order valence-electron chi connectivity index (χ0n) is 8.47. The summed E-state index contributed by atoms with van der Waals surface area (Å²) in [6, 6.07) is 0. The van der Waals surface area contributed by atoms with Gasteiger partial charge in [-0.15, -0.1) is 0 Å². The number of hydrogen-bond donors (Lipinski definition) is 1. The SMILES string of the molecule is CCCCC1(O)CCC(CC)C1. The number of hydrogen-bond acceptors (Lipinski definition) is 1. The summed E-state index contributed by atoms with van der Waals surface area (Å²) in [5, 5.41) is 10.1. The van der Waals surface area contributed by atoms with E-state index in [0.717, 1.165) is 25.2 Å². The van der Waals surface area contributed by atoms with Crippen molar-refractivity contribution in [1.29, 1.82) is 0 Å². The highest BCUT2D eigenvalue weighted by Gasteiger charge is 2.35. The van der Waals surface area contributed by atoms with Crippen LogP contribution in [0.15, 0.2) is 0 Å². The maximum absolute atomic E-state index is 10.1. The van der Waals surface area contributed by atoms with Gasteiger partial charge in [-0.2, -0.15) is 0 Å². The minimum atomic E-state index is -0.281. The summed E-state index contributed by atoms with van der Waals surface area (Å²) in [5.41, 5.74) is -0.281. The van der Waals surface area contributed by atoms with E-state index in [1.807, 2.05) is 0 Å². The maximum Gasteiger partial charge on any atom is 0.0650 e. The van der Waals surface area contributed by atoms with E-state index in [1.165, 1.54) is 25.7 Å². The fraction of sp³-hybridized carbons (Fsp3) is 1.00. The van der Waals surface area contributed by atoms with Gasteiger partial charge in [-0.1, -0.05) is 33.1 Å². The molecule has 2 atom stereocenters. The van der Waals surface area contributed by atoms with Crippen molar-refractivity contribution in [3.8, 4) is 0 Å². The molecule has 1 aliphatic rings. The van der Waals surface area contributed by atoms with E-state index in [-0.39, 0.29) is 5.60 Å². The summed E-state index contributed by atoms with van der Waals surface area (Å²) in [4.78, 5) is 0. The Morgan fingerprint density at radius 2 is 2.17 bits per heavy atom. The van der Waals surface area contributed by atoms with Crippen molar-refractivity contribution in [2.75, 3.05) is 0 Å². The average Bonchev–Trinajstić information content (AvgIpc) is 2.45. The molecule has 1 rings (SSSR count). The first-order valence-electron chi connectivity index (χ1n) is 5.42. The first-order valence-corrected chi connectivity index (χ1v) is 5.42. The van der Waals surface area contributed by atoms with Gasteiger partial charge in [-0.25, -0.2) is 0 Å². The Morgan fingerprint density at radius 3 is 2.67 bits per heavy atom. The van der Waals surface area contributed by atoms with Gasteiger partial charge in [0.25, 0.3) is 0 Å². The van der Waals surface area contributed by atoms with Gasteiger partial charge in [0.05, 0.1) is 5.60 Å². The van der Waals surface area contributed by atoms with Crippen LogP contribution in [0.3, 0.4) is 0 Å². The van der Waals surface area contributed by atoms with Crippen molar-refractivity contribution >= 4 is 0 Å². The third kappa shape index (κ3) is 2.48. The van der Waals surface area contributed by atoms with Gasteiger partial charge in [-0.05, 0) is 31.6 Å². The van der Waals surface area contributed by atoms with Gasteiger partial charge in [0.2, 0.25) is 0 Å². The number of unbranched alkanes of at least 4 members (excludes halogenated alkanes) is 1. The van der Waals surface area contributed by atoms with E-state index in [1.54, 1.807) is 0 Å². The molecule has 0 amide bonds. The predicted octanol–water partition coefficient (Wildman–Crippen LogP) is 3.12. The molecule has 1 aliphatic carbocycles. The van der Waals surface area contributed by atoms with Crippen LogP contribution < -0.4 is 0 Å². The molecule has 1 nitrogen and oxygen atoms in total. The second-order valence-electron chi connectivity index (χ2n) is 4.34. The van der Waals surface area contributed by atoms with E-state index in [2.05, 4.69) is 13.8 Å². The molecule has 0 aromatic carbocycles. The second kappa shape index (κ2) is 4.27. The highest BCUT2D eigenvalue weighted by Crippen LogP contribution is 2.39. The minimum absolute atomic E-state index is 0.281. The molecule has 1 N–H and O–H groups in total. The Labute approximate surface area is 76.2 Å². The zero-order valence-corrected chi connectivity index (χ0v) is 8.47. The van der Waals surface area contributed by atoms with Crippen LogP contribution in [0.4, 0.5) is 0 Å². The molecule has 0 aromatic heterocycles. The lowest BCUT2D eigenvalue weighted by Gasteiger charge is -2.22.